The van der Waals surface area contributed by atoms with E-state index in [9.17, 15) is 4.39 Å². The lowest BCUT2D eigenvalue weighted by atomic mass is 10.2. The second-order valence-electron chi connectivity index (χ2n) is 4.73. The number of rotatable bonds is 4. The summed E-state index contributed by atoms with van der Waals surface area (Å²) in [5.41, 5.74) is 2.45. The zero-order valence-corrected chi connectivity index (χ0v) is 10.2. The molecule has 1 fully saturated rings. The lowest BCUT2D eigenvalue weighted by Crippen LogP contribution is -2.18. The first kappa shape index (κ1) is 11.3. The average Bonchev–Trinajstić information content (AvgIpc) is 3.08. The molecule has 1 heterocycles. The van der Waals surface area contributed by atoms with Gasteiger partial charge in [0.15, 0.2) is 0 Å². The van der Waals surface area contributed by atoms with Crippen LogP contribution < -0.4 is 5.32 Å². The Kier molecular flexibility index (Phi) is 2.83. The Morgan fingerprint density at radius 1 is 1.44 bits per heavy atom. The maximum Gasteiger partial charge on any atom is 0.126 e. The van der Waals surface area contributed by atoms with Gasteiger partial charge in [0.2, 0.25) is 0 Å². The minimum atomic E-state index is -0.198. The first-order chi connectivity index (χ1) is 8.74. The topological polar surface area (TPSA) is 42.7 Å². The van der Waals surface area contributed by atoms with Crippen LogP contribution in [-0.4, -0.2) is 21.0 Å². The molecule has 1 aliphatic carbocycles. The summed E-state index contributed by atoms with van der Waals surface area (Å²) >= 11 is 0. The van der Waals surface area contributed by atoms with Crippen molar-refractivity contribution in [3.63, 3.8) is 0 Å². The van der Waals surface area contributed by atoms with Crippen LogP contribution >= 0.6 is 0 Å². The third-order valence-corrected chi connectivity index (χ3v) is 3.16. The van der Waals surface area contributed by atoms with E-state index in [2.05, 4.69) is 15.6 Å². The van der Waals surface area contributed by atoms with Crippen molar-refractivity contribution < 1.29 is 4.39 Å². The molecular formula is C13H15FN4. The van der Waals surface area contributed by atoms with Gasteiger partial charge in [-0.15, -0.1) is 5.10 Å². The van der Waals surface area contributed by atoms with Crippen molar-refractivity contribution >= 4 is 0 Å². The smallest absolute Gasteiger partial charge is 0.126 e. The molecule has 94 valence electrons. The summed E-state index contributed by atoms with van der Waals surface area (Å²) in [6.45, 7) is 2.49. The molecule has 0 unspecified atom stereocenters. The minimum absolute atomic E-state index is 0.198. The molecule has 0 radical (unpaired) electrons. The molecule has 5 heteroatoms. The molecule has 3 rings (SSSR count). The lowest BCUT2D eigenvalue weighted by molar-refractivity contribution is 0.615. The molecule has 1 aromatic carbocycles. The van der Waals surface area contributed by atoms with Gasteiger partial charge in [-0.05, 0) is 43.5 Å². The fraction of sp³-hybridized carbons (Fsp3) is 0.385. The highest BCUT2D eigenvalue weighted by atomic mass is 19.1. The van der Waals surface area contributed by atoms with Crippen LogP contribution in [0.1, 0.15) is 24.1 Å². The number of aryl methyl sites for hydroxylation is 1. The summed E-state index contributed by atoms with van der Waals surface area (Å²) in [6, 6.07) is 5.61. The van der Waals surface area contributed by atoms with Crippen molar-refractivity contribution in [2.75, 3.05) is 0 Å². The second-order valence-corrected chi connectivity index (χ2v) is 4.73. The van der Waals surface area contributed by atoms with E-state index in [1.165, 1.54) is 18.9 Å². The summed E-state index contributed by atoms with van der Waals surface area (Å²) in [4.78, 5) is 0. The maximum atomic E-state index is 13.2. The number of halogens is 1. The van der Waals surface area contributed by atoms with Crippen molar-refractivity contribution in [2.24, 2.45) is 0 Å². The van der Waals surface area contributed by atoms with Crippen molar-refractivity contribution in [3.05, 3.63) is 41.5 Å². The second kappa shape index (κ2) is 4.49. The van der Waals surface area contributed by atoms with Gasteiger partial charge in [0.1, 0.15) is 5.82 Å². The summed E-state index contributed by atoms with van der Waals surface area (Å²) in [6.07, 6.45) is 4.24. The van der Waals surface area contributed by atoms with E-state index < -0.39 is 0 Å². The zero-order chi connectivity index (χ0) is 12.5. The van der Waals surface area contributed by atoms with E-state index >= 15 is 0 Å². The van der Waals surface area contributed by atoms with Crippen LogP contribution in [0.2, 0.25) is 0 Å². The Hall–Kier alpha value is -1.75. The number of benzene rings is 1. The fourth-order valence-electron chi connectivity index (χ4n) is 1.89. The van der Waals surface area contributed by atoms with Crippen molar-refractivity contribution in [2.45, 2.75) is 32.4 Å². The molecule has 1 aromatic heterocycles. The Labute approximate surface area is 105 Å². The first-order valence-corrected chi connectivity index (χ1v) is 6.13. The Morgan fingerprint density at radius 3 is 3.00 bits per heavy atom. The lowest BCUT2D eigenvalue weighted by Gasteiger charge is -2.08. The minimum Gasteiger partial charge on any atom is -0.308 e. The molecule has 0 amide bonds. The molecule has 18 heavy (non-hydrogen) atoms. The molecule has 2 aromatic rings. The molecule has 0 saturated heterocycles. The number of hydrogen-bond donors (Lipinski definition) is 1. The molecular weight excluding hydrogens is 231 g/mol. The van der Waals surface area contributed by atoms with Gasteiger partial charge in [0.25, 0.3) is 0 Å². The third kappa shape index (κ3) is 2.26. The van der Waals surface area contributed by atoms with E-state index in [0.29, 0.717) is 11.6 Å². The normalized spacial score (nSPS) is 15.0. The standard InChI is InChI=1S/C13H15FN4/c1-9-6-11(4-5-13(9)14)18-12(8-16-17-18)7-15-10-2-3-10/h4-6,8,10,15H,2-3,7H2,1H3. The van der Waals surface area contributed by atoms with Crippen LogP contribution in [0.4, 0.5) is 4.39 Å². The third-order valence-electron chi connectivity index (χ3n) is 3.16. The highest BCUT2D eigenvalue weighted by Crippen LogP contribution is 2.20. The highest BCUT2D eigenvalue weighted by Gasteiger charge is 2.21. The predicted molar refractivity (Wildman–Crippen MR) is 65.9 cm³/mol. The largest absolute Gasteiger partial charge is 0.308 e. The molecule has 4 nitrogen and oxygen atoms in total. The van der Waals surface area contributed by atoms with Crippen LogP contribution in [0.25, 0.3) is 5.69 Å². The maximum absolute atomic E-state index is 13.2. The van der Waals surface area contributed by atoms with Crippen LogP contribution in [0.5, 0.6) is 0 Å². The van der Waals surface area contributed by atoms with E-state index in [-0.39, 0.29) is 5.82 Å². The first-order valence-electron chi connectivity index (χ1n) is 6.13. The van der Waals surface area contributed by atoms with E-state index in [0.717, 1.165) is 17.9 Å². The van der Waals surface area contributed by atoms with Gasteiger partial charge in [-0.25, -0.2) is 9.07 Å². The quantitative estimate of drug-likeness (QED) is 0.896. The van der Waals surface area contributed by atoms with Gasteiger partial charge in [-0.2, -0.15) is 0 Å². The number of aromatic nitrogens is 3. The van der Waals surface area contributed by atoms with E-state index in [1.807, 2.05) is 0 Å². The summed E-state index contributed by atoms with van der Waals surface area (Å²) in [5, 5.41) is 11.4. The molecule has 0 spiro atoms. The monoisotopic (exact) mass is 246 g/mol. The van der Waals surface area contributed by atoms with E-state index in [1.54, 1.807) is 29.9 Å². The number of nitrogens with zero attached hydrogens (tertiary/aromatic N) is 3. The van der Waals surface area contributed by atoms with Crippen molar-refractivity contribution in [1.82, 2.24) is 20.3 Å². The number of nitrogens with one attached hydrogen (secondary N) is 1. The summed E-state index contributed by atoms with van der Waals surface area (Å²) < 4.78 is 15.0. The van der Waals surface area contributed by atoms with Crippen molar-refractivity contribution in [3.8, 4) is 5.69 Å². The van der Waals surface area contributed by atoms with Crippen molar-refractivity contribution in [1.29, 1.82) is 0 Å². The Balaban J connectivity index is 1.85. The van der Waals surface area contributed by atoms with Crippen LogP contribution in [0.15, 0.2) is 24.4 Å². The van der Waals surface area contributed by atoms with Gasteiger partial charge >= 0.3 is 0 Å². The van der Waals surface area contributed by atoms with Crippen LogP contribution in [0, 0.1) is 12.7 Å². The molecule has 0 atom stereocenters. The van der Waals surface area contributed by atoms with Gasteiger partial charge in [-0.1, -0.05) is 5.21 Å². The zero-order valence-electron chi connectivity index (χ0n) is 10.2. The molecule has 1 saturated carbocycles. The molecule has 1 aliphatic rings. The highest BCUT2D eigenvalue weighted by molar-refractivity contribution is 5.36. The Morgan fingerprint density at radius 2 is 2.28 bits per heavy atom. The SMILES string of the molecule is Cc1cc(-n2nncc2CNC2CC2)ccc1F. The van der Waals surface area contributed by atoms with Gasteiger partial charge in [-0.3, -0.25) is 0 Å². The van der Waals surface area contributed by atoms with E-state index in [4.69, 9.17) is 0 Å². The average molecular weight is 246 g/mol. The van der Waals surface area contributed by atoms with Crippen LogP contribution in [0.3, 0.4) is 0 Å². The molecule has 1 N–H and O–H groups in total. The summed E-state index contributed by atoms with van der Waals surface area (Å²) in [7, 11) is 0. The fourth-order valence-corrected chi connectivity index (χ4v) is 1.89. The predicted octanol–water partition coefficient (Wildman–Crippen LogP) is 1.97. The molecule has 0 aliphatic heterocycles. The van der Waals surface area contributed by atoms with Crippen LogP contribution in [-0.2, 0) is 6.54 Å². The van der Waals surface area contributed by atoms with Gasteiger partial charge in [0.05, 0.1) is 17.6 Å². The van der Waals surface area contributed by atoms with Gasteiger partial charge < -0.3 is 5.32 Å². The summed E-state index contributed by atoms with van der Waals surface area (Å²) in [5.74, 6) is -0.198. The van der Waals surface area contributed by atoms with Gasteiger partial charge in [0, 0.05) is 12.6 Å². The molecule has 0 bridgehead atoms. The Bertz CT molecular complexity index is 560. The number of hydrogen-bond acceptors (Lipinski definition) is 3.